The summed E-state index contributed by atoms with van der Waals surface area (Å²) >= 11 is 0. The average molecular weight is 348 g/mol. The van der Waals surface area contributed by atoms with E-state index in [-0.39, 0.29) is 11.9 Å². The number of furan rings is 1. The Morgan fingerprint density at radius 3 is 2.54 bits per heavy atom. The molecule has 0 radical (unpaired) electrons. The SMILES string of the molecule is COC(=O)c1ccc([C@@H]2c3c(coc3-c3ccccc3)CC[C@H]2O)cc1. The standard InChI is InChI=1S/C22H20O4/c1-25-22(24)16-9-7-14(8-10-16)19-18(23)12-11-17-13-26-21(20(17)19)15-5-3-2-4-6-15/h2-10,13,18-19,23H,11-12H2,1H3/t18-,19+/m1/s1. The number of aliphatic hydroxyl groups excluding tert-OH is 1. The number of fused-ring (bicyclic) bond motifs is 1. The van der Waals surface area contributed by atoms with Crippen LogP contribution in [0, 0.1) is 0 Å². The first kappa shape index (κ1) is 16.6. The predicted molar refractivity (Wildman–Crippen MR) is 98.1 cm³/mol. The van der Waals surface area contributed by atoms with Crippen LogP contribution in [0.5, 0.6) is 0 Å². The molecule has 0 spiro atoms. The Bertz CT molecular complexity index is 909. The van der Waals surface area contributed by atoms with Crippen LogP contribution in [-0.2, 0) is 11.2 Å². The molecule has 4 rings (SSSR count). The van der Waals surface area contributed by atoms with Gasteiger partial charge in [-0.15, -0.1) is 0 Å². The van der Waals surface area contributed by atoms with E-state index in [1.54, 1.807) is 18.4 Å². The van der Waals surface area contributed by atoms with E-state index in [0.29, 0.717) is 12.0 Å². The Morgan fingerprint density at radius 2 is 1.85 bits per heavy atom. The van der Waals surface area contributed by atoms with Crippen molar-refractivity contribution in [3.8, 4) is 11.3 Å². The fourth-order valence-corrected chi connectivity index (χ4v) is 3.75. The molecular formula is C22H20O4. The van der Waals surface area contributed by atoms with Crippen molar-refractivity contribution >= 4 is 5.97 Å². The molecule has 1 aliphatic rings. The normalized spacial score (nSPS) is 19.0. The summed E-state index contributed by atoms with van der Waals surface area (Å²) in [5.41, 5.74) is 4.64. The van der Waals surface area contributed by atoms with Gasteiger partial charge in [0, 0.05) is 17.0 Å². The maximum atomic E-state index is 11.7. The molecule has 0 aliphatic heterocycles. The van der Waals surface area contributed by atoms with Gasteiger partial charge >= 0.3 is 5.97 Å². The number of aryl methyl sites for hydroxylation is 1. The van der Waals surface area contributed by atoms with Crippen LogP contribution in [0.15, 0.2) is 65.3 Å². The molecule has 2 atom stereocenters. The fraction of sp³-hybridized carbons (Fsp3) is 0.227. The van der Waals surface area contributed by atoms with Gasteiger partial charge in [-0.1, -0.05) is 42.5 Å². The summed E-state index contributed by atoms with van der Waals surface area (Å²) in [7, 11) is 1.37. The third-order valence-electron chi connectivity index (χ3n) is 5.04. The molecule has 0 unspecified atom stereocenters. The molecule has 1 N–H and O–H groups in total. The summed E-state index contributed by atoms with van der Waals surface area (Å²) in [5.74, 6) is 0.260. The molecule has 0 saturated carbocycles. The molecule has 0 saturated heterocycles. The van der Waals surface area contributed by atoms with Gasteiger partial charge in [0.15, 0.2) is 0 Å². The topological polar surface area (TPSA) is 59.7 Å². The van der Waals surface area contributed by atoms with E-state index in [0.717, 1.165) is 34.4 Å². The highest BCUT2D eigenvalue weighted by Crippen LogP contribution is 2.43. The van der Waals surface area contributed by atoms with E-state index in [1.807, 2.05) is 42.5 Å². The number of rotatable bonds is 3. The number of benzene rings is 2. The number of carbonyl (C=O) groups excluding carboxylic acids is 1. The monoisotopic (exact) mass is 348 g/mol. The Kier molecular flexibility index (Phi) is 4.35. The summed E-state index contributed by atoms with van der Waals surface area (Å²) in [6.07, 6.45) is 2.79. The van der Waals surface area contributed by atoms with Gasteiger partial charge in [-0.3, -0.25) is 0 Å². The lowest BCUT2D eigenvalue weighted by Gasteiger charge is -2.29. The number of hydrogen-bond donors (Lipinski definition) is 1. The van der Waals surface area contributed by atoms with E-state index >= 15 is 0 Å². The van der Waals surface area contributed by atoms with Crippen molar-refractivity contribution in [3.63, 3.8) is 0 Å². The van der Waals surface area contributed by atoms with Crippen LogP contribution in [0.25, 0.3) is 11.3 Å². The summed E-state index contributed by atoms with van der Waals surface area (Å²) in [5, 5.41) is 10.8. The molecule has 3 aromatic rings. The zero-order valence-corrected chi connectivity index (χ0v) is 14.5. The third kappa shape index (κ3) is 2.82. The van der Waals surface area contributed by atoms with Crippen molar-refractivity contribution in [3.05, 3.63) is 83.1 Å². The van der Waals surface area contributed by atoms with Gasteiger partial charge in [0.25, 0.3) is 0 Å². The number of methoxy groups -OCH3 is 1. The highest BCUT2D eigenvalue weighted by Gasteiger charge is 2.34. The lowest BCUT2D eigenvalue weighted by molar-refractivity contribution is 0.0600. The Balaban J connectivity index is 1.79. The summed E-state index contributed by atoms with van der Waals surface area (Å²) in [6.45, 7) is 0. The molecule has 0 bridgehead atoms. The van der Waals surface area contributed by atoms with Crippen molar-refractivity contribution < 1.29 is 19.1 Å². The second kappa shape index (κ2) is 6.81. The van der Waals surface area contributed by atoms with Crippen molar-refractivity contribution in [2.45, 2.75) is 24.9 Å². The van der Waals surface area contributed by atoms with Crippen molar-refractivity contribution in [2.24, 2.45) is 0 Å². The summed E-state index contributed by atoms with van der Waals surface area (Å²) in [6, 6.07) is 17.2. The van der Waals surface area contributed by atoms with Crippen LogP contribution in [0.4, 0.5) is 0 Å². The summed E-state index contributed by atoms with van der Waals surface area (Å²) < 4.78 is 10.7. The second-order valence-corrected chi connectivity index (χ2v) is 6.57. The van der Waals surface area contributed by atoms with Crippen LogP contribution >= 0.6 is 0 Å². The minimum absolute atomic E-state index is 0.181. The quantitative estimate of drug-likeness (QED) is 0.722. The van der Waals surface area contributed by atoms with E-state index in [2.05, 4.69) is 0 Å². The zero-order valence-electron chi connectivity index (χ0n) is 14.5. The van der Waals surface area contributed by atoms with E-state index in [4.69, 9.17) is 9.15 Å². The smallest absolute Gasteiger partial charge is 0.337 e. The molecule has 2 aromatic carbocycles. The van der Waals surface area contributed by atoms with Crippen LogP contribution in [0.3, 0.4) is 0 Å². The van der Waals surface area contributed by atoms with Gasteiger partial charge in [0.1, 0.15) is 5.76 Å². The fourth-order valence-electron chi connectivity index (χ4n) is 3.75. The van der Waals surface area contributed by atoms with E-state index in [1.165, 1.54) is 7.11 Å². The molecule has 1 heterocycles. The van der Waals surface area contributed by atoms with Gasteiger partial charge in [-0.2, -0.15) is 0 Å². The van der Waals surface area contributed by atoms with Gasteiger partial charge in [0.05, 0.1) is 25.0 Å². The first-order chi connectivity index (χ1) is 12.7. The predicted octanol–water partition coefficient (Wildman–Crippen LogP) is 4.17. The van der Waals surface area contributed by atoms with Crippen LogP contribution < -0.4 is 0 Å². The molecule has 1 aliphatic carbocycles. The molecule has 1 aromatic heterocycles. The maximum Gasteiger partial charge on any atom is 0.337 e. The minimum Gasteiger partial charge on any atom is -0.465 e. The molecule has 132 valence electrons. The summed E-state index contributed by atoms with van der Waals surface area (Å²) in [4.78, 5) is 11.7. The Labute approximate surface area is 152 Å². The highest BCUT2D eigenvalue weighted by molar-refractivity contribution is 5.89. The van der Waals surface area contributed by atoms with Crippen LogP contribution in [-0.4, -0.2) is 24.3 Å². The number of aliphatic hydroxyl groups is 1. The molecule has 0 fully saturated rings. The number of ether oxygens (including phenoxy) is 1. The van der Waals surface area contributed by atoms with Gasteiger partial charge in [-0.05, 0) is 36.1 Å². The van der Waals surface area contributed by atoms with Gasteiger partial charge in [-0.25, -0.2) is 4.79 Å². The zero-order chi connectivity index (χ0) is 18.1. The van der Waals surface area contributed by atoms with Gasteiger partial charge < -0.3 is 14.3 Å². The Hall–Kier alpha value is -2.85. The number of hydrogen-bond acceptors (Lipinski definition) is 4. The maximum absolute atomic E-state index is 11.7. The lowest BCUT2D eigenvalue weighted by atomic mass is 9.77. The minimum atomic E-state index is -0.494. The molecule has 26 heavy (non-hydrogen) atoms. The van der Waals surface area contributed by atoms with Crippen molar-refractivity contribution in [2.75, 3.05) is 7.11 Å². The first-order valence-corrected chi connectivity index (χ1v) is 8.71. The Morgan fingerprint density at radius 1 is 1.12 bits per heavy atom. The van der Waals surface area contributed by atoms with E-state index < -0.39 is 6.10 Å². The average Bonchev–Trinajstić information content (AvgIpc) is 3.12. The second-order valence-electron chi connectivity index (χ2n) is 6.57. The molecule has 0 amide bonds. The molecule has 4 nitrogen and oxygen atoms in total. The van der Waals surface area contributed by atoms with Crippen molar-refractivity contribution in [1.29, 1.82) is 0 Å². The van der Waals surface area contributed by atoms with Crippen LogP contribution in [0.2, 0.25) is 0 Å². The van der Waals surface area contributed by atoms with Crippen LogP contribution in [0.1, 0.15) is 39.4 Å². The number of esters is 1. The largest absolute Gasteiger partial charge is 0.465 e. The lowest BCUT2D eigenvalue weighted by Crippen LogP contribution is -2.25. The third-order valence-corrected chi connectivity index (χ3v) is 5.04. The molecule has 4 heteroatoms. The van der Waals surface area contributed by atoms with Crippen molar-refractivity contribution in [1.82, 2.24) is 0 Å². The highest BCUT2D eigenvalue weighted by atomic mass is 16.5. The molecular weight excluding hydrogens is 328 g/mol. The first-order valence-electron chi connectivity index (χ1n) is 8.71. The van der Waals surface area contributed by atoms with E-state index in [9.17, 15) is 9.90 Å². The van der Waals surface area contributed by atoms with Gasteiger partial charge in [0.2, 0.25) is 0 Å². The number of carbonyl (C=O) groups is 1.